The lowest BCUT2D eigenvalue weighted by Gasteiger charge is -2.34. The highest BCUT2D eigenvalue weighted by atomic mass is 32.2. The van der Waals surface area contributed by atoms with Gasteiger partial charge in [0.05, 0.1) is 4.90 Å². The summed E-state index contributed by atoms with van der Waals surface area (Å²) in [6, 6.07) is 6.74. The molecule has 1 aliphatic heterocycles. The van der Waals surface area contributed by atoms with E-state index in [1.807, 2.05) is 0 Å². The lowest BCUT2D eigenvalue weighted by Crippen LogP contribution is -2.49. The fraction of sp³-hybridized carbons (Fsp3) is 0.375. The molecular formula is C16H18F3N5O2S. The molecule has 0 atom stereocenters. The normalized spacial score (nSPS) is 16.5. The lowest BCUT2D eigenvalue weighted by molar-refractivity contribution is -0.141. The molecule has 0 unspecified atom stereocenters. The van der Waals surface area contributed by atoms with Crippen LogP contribution in [0.25, 0.3) is 0 Å². The number of nitrogens with two attached hydrogens (primary N) is 1. The number of hydrogen-bond acceptors (Lipinski definition) is 6. The quantitative estimate of drug-likeness (QED) is 0.790. The smallest absolute Gasteiger partial charge is 0.399 e. The summed E-state index contributed by atoms with van der Waals surface area (Å²) in [4.78, 5) is 9.33. The first kappa shape index (κ1) is 19.4. The molecule has 1 saturated heterocycles. The van der Waals surface area contributed by atoms with Gasteiger partial charge in [-0.2, -0.15) is 17.5 Å². The van der Waals surface area contributed by atoms with Crippen LogP contribution in [0.1, 0.15) is 11.4 Å². The molecule has 11 heteroatoms. The van der Waals surface area contributed by atoms with Gasteiger partial charge in [-0.15, -0.1) is 0 Å². The Bertz CT molecular complexity index is 924. The first-order valence-corrected chi connectivity index (χ1v) is 9.55. The average molecular weight is 401 g/mol. The van der Waals surface area contributed by atoms with E-state index in [9.17, 15) is 21.6 Å². The van der Waals surface area contributed by atoms with Crippen LogP contribution in [0.5, 0.6) is 0 Å². The second-order valence-corrected chi connectivity index (χ2v) is 8.09. The topological polar surface area (TPSA) is 92.4 Å². The minimum atomic E-state index is -4.57. The van der Waals surface area contributed by atoms with Gasteiger partial charge in [0, 0.05) is 37.6 Å². The number of halogens is 3. The van der Waals surface area contributed by atoms with Crippen molar-refractivity contribution in [1.82, 2.24) is 14.3 Å². The fourth-order valence-electron chi connectivity index (χ4n) is 2.76. The molecule has 2 heterocycles. The van der Waals surface area contributed by atoms with Crippen LogP contribution >= 0.6 is 0 Å². The number of nitrogen functional groups attached to an aromatic ring is 1. The van der Waals surface area contributed by atoms with Crippen LogP contribution in [-0.2, 0) is 16.2 Å². The first-order chi connectivity index (χ1) is 12.6. The second kappa shape index (κ2) is 6.97. The number of hydrogen-bond donors (Lipinski definition) is 1. The van der Waals surface area contributed by atoms with Crippen molar-refractivity contribution in [2.24, 2.45) is 0 Å². The lowest BCUT2D eigenvalue weighted by atomic mass is 10.3. The zero-order chi connectivity index (χ0) is 19.8. The average Bonchev–Trinajstić information content (AvgIpc) is 2.61. The number of aromatic nitrogens is 2. The number of sulfonamides is 1. The van der Waals surface area contributed by atoms with E-state index in [1.54, 1.807) is 4.90 Å². The third-order valence-corrected chi connectivity index (χ3v) is 6.09. The van der Waals surface area contributed by atoms with Gasteiger partial charge in [-0.1, -0.05) is 0 Å². The number of piperazine rings is 1. The molecule has 1 aromatic carbocycles. The first-order valence-electron chi connectivity index (χ1n) is 8.11. The van der Waals surface area contributed by atoms with Crippen LogP contribution in [-0.4, -0.2) is 48.9 Å². The van der Waals surface area contributed by atoms with Gasteiger partial charge in [0.15, 0.2) is 0 Å². The molecule has 1 fully saturated rings. The summed E-state index contributed by atoms with van der Waals surface area (Å²) in [7, 11) is -3.69. The van der Waals surface area contributed by atoms with E-state index in [4.69, 9.17) is 5.73 Å². The minimum absolute atomic E-state index is 0.0492. The molecule has 0 aliphatic carbocycles. The van der Waals surface area contributed by atoms with Crippen molar-refractivity contribution in [3.05, 3.63) is 41.7 Å². The summed E-state index contributed by atoms with van der Waals surface area (Å²) in [6.07, 6.45) is -4.57. The number of alkyl halides is 3. The molecule has 0 radical (unpaired) electrons. The van der Waals surface area contributed by atoms with Crippen molar-refractivity contribution < 1.29 is 21.6 Å². The maximum atomic E-state index is 12.9. The van der Waals surface area contributed by atoms with E-state index in [1.165, 1.54) is 35.5 Å². The molecule has 1 aromatic heterocycles. The van der Waals surface area contributed by atoms with Crippen LogP contribution < -0.4 is 10.6 Å². The molecule has 146 valence electrons. The van der Waals surface area contributed by atoms with Crippen LogP contribution in [0.4, 0.5) is 24.8 Å². The van der Waals surface area contributed by atoms with Crippen LogP contribution in [0.2, 0.25) is 0 Å². The molecule has 0 bridgehead atoms. The Labute approximate surface area is 154 Å². The number of nitrogens with zero attached hydrogens (tertiary/aromatic N) is 4. The monoisotopic (exact) mass is 401 g/mol. The van der Waals surface area contributed by atoms with Crippen molar-refractivity contribution in [1.29, 1.82) is 0 Å². The number of rotatable bonds is 3. The van der Waals surface area contributed by atoms with Gasteiger partial charge in [0.1, 0.15) is 5.69 Å². The van der Waals surface area contributed by atoms with Gasteiger partial charge in [-0.05, 0) is 37.3 Å². The summed E-state index contributed by atoms with van der Waals surface area (Å²) in [6.45, 7) is 2.07. The van der Waals surface area contributed by atoms with Gasteiger partial charge in [0.25, 0.3) is 0 Å². The molecule has 1 aliphatic rings. The molecule has 0 amide bonds. The van der Waals surface area contributed by atoms with Gasteiger partial charge in [-0.25, -0.2) is 18.4 Å². The SMILES string of the molecule is Cc1cc(C(F)(F)F)nc(N2CCN(S(=O)(=O)c3ccc(N)cc3)CC2)n1. The van der Waals surface area contributed by atoms with Gasteiger partial charge < -0.3 is 10.6 Å². The highest BCUT2D eigenvalue weighted by Crippen LogP contribution is 2.29. The second-order valence-electron chi connectivity index (χ2n) is 6.15. The highest BCUT2D eigenvalue weighted by molar-refractivity contribution is 7.89. The van der Waals surface area contributed by atoms with Crippen molar-refractivity contribution in [3.63, 3.8) is 0 Å². The van der Waals surface area contributed by atoms with E-state index in [-0.39, 0.29) is 42.7 Å². The molecule has 2 aromatic rings. The molecule has 2 N–H and O–H groups in total. The zero-order valence-electron chi connectivity index (χ0n) is 14.4. The predicted octanol–water partition coefficient (Wildman–Crippen LogP) is 1.90. The third kappa shape index (κ3) is 4.14. The van der Waals surface area contributed by atoms with Crippen molar-refractivity contribution in [2.45, 2.75) is 18.0 Å². The number of benzene rings is 1. The van der Waals surface area contributed by atoms with Gasteiger partial charge in [0.2, 0.25) is 16.0 Å². The Balaban J connectivity index is 1.76. The molecule has 27 heavy (non-hydrogen) atoms. The Kier molecular flexibility index (Phi) is 5.00. The van der Waals surface area contributed by atoms with E-state index < -0.39 is 21.9 Å². The van der Waals surface area contributed by atoms with Crippen LogP contribution in [0.3, 0.4) is 0 Å². The molecule has 0 saturated carbocycles. The largest absolute Gasteiger partial charge is 0.433 e. The molecule has 3 rings (SSSR count). The summed E-state index contributed by atoms with van der Waals surface area (Å²) < 4.78 is 65.5. The Morgan fingerprint density at radius 2 is 1.63 bits per heavy atom. The summed E-state index contributed by atoms with van der Waals surface area (Å²) in [5.41, 5.74) is 5.22. The van der Waals surface area contributed by atoms with E-state index in [2.05, 4.69) is 9.97 Å². The number of anilines is 2. The van der Waals surface area contributed by atoms with Crippen molar-refractivity contribution in [2.75, 3.05) is 36.8 Å². The van der Waals surface area contributed by atoms with Gasteiger partial charge in [-0.3, -0.25) is 0 Å². The number of aryl methyl sites for hydroxylation is 1. The maximum Gasteiger partial charge on any atom is 0.433 e. The van der Waals surface area contributed by atoms with Crippen molar-refractivity contribution in [3.8, 4) is 0 Å². The minimum Gasteiger partial charge on any atom is -0.399 e. The van der Waals surface area contributed by atoms with E-state index in [0.717, 1.165) is 6.07 Å². The molecule has 0 spiro atoms. The summed E-state index contributed by atoms with van der Waals surface area (Å²) >= 11 is 0. The summed E-state index contributed by atoms with van der Waals surface area (Å²) in [5, 5.41) is 0. The Morgan fingerprint density at radius 1 is 1.04 bits per heavy atom. The van der Waals surface area contributed by atoms with Crippen LogP contribution in [0.15, 0.2) is 35.2 Å². The Hall–Kier alpha value is -2.40. The standard InChI is InChI=1S/C16H18F3N5O2S/c1-11-10-14(16(17,18)19)22-15(21-11)23-6-8-24(9-7-23)27(25,26)13-4-2-12(20)3-5-13/h2-5,10H,6-9,20H2,1H3. The Morgan fingerprint density at radius 3 is 2.19 bits per heavy atom. The van der Waals surface area contributed by atoms with E-state index in [0.29, 0.717) is 5.69 Å². The van der Waals surface area contributed by atoms with Gasteiger partial charge >= 0.3 is 6.18 Å². The highest BCUT2D eigenvalue weighted by Gasteiger charge is 2.35. The maximum absolute atomic E-state index is 12.9. The summed E-state index contributed by atoms with van der Waals surface area (Å²) in [5.74, 6) is -0.0492. The predicted molar refractivity (Wildman–Crippen MR) is 93.6 cm³/mol. The molecule has 7 nitrogen and oxygen atoms in total. The third-order valence-electron chi connectivity index (χ3n) is 4.17. The van der Waals surface area contributed by atoms with E-state index >= 15 is 0 Å². The fourth-order valence-corrected chi connectivity index (χ4v) is 4.18. The van der Waals surface area contributed by atoms with Crippen molar-refractivity contribution >= 4 is 21.7 Å². The zero-order valence-corrected chi connectivity index (χ0v) is 15.3. The molecular weight excluding hydrogens is 383 g/mol. The van der Waals surface area contributed by atoms with Crippen LogP contribution in [0, 0.1) is 6.92 Å².